The van der Waals surface area contributed by atoms with Crippen molar-refractivity contribution in [1.82, 2.24) is 4.31 Å². The Balaban J connectivity index is 2.74. The number of sulfonamides is 1. The van der Waals surface area contributed by atoms with Crippen LogP contribution in [0, 0.1) is 0 Å². The van der Waals surface area contributed by atoms with Crippen LogP contribution in [0.5, 0.6) is 0 Å². The first-order valence-electron chi connectivity index (χ1n) is 12.4. The van der Waals surface area contributed by atoms with E-state index in [1.165, 1.54) is 48.5 Å². The van der Waals surface area contributed by atoms with E-state index < -0.39 is 45.7 Å². The van der Waals surface area contributed by atoms with Crippen LogP contribution >= 0.6 is 0 Å². The summed E-state index contributed by atoms with van der Waals surface area (Å²) in [5, 5.41) is 19.2. The third kappa shape index (κ3) is 8.71. The maximum Gasteiger partial charge on any atom is 0.395 e. The molecule has 0 bridgehead atoms. The number of primary amides is 2. The van der Waals surface area contributed by atoms with E-state index in [0.29, 0.717) is 16.9 Å². The summed E-state index contributed by atoms with van der Waals surface area (Å²) in [7, 11) is -3.85. The number of para-hydroxylation sites is 1. The van der Waals surface area contributed by atoms with Crippen LogP contribution < -0.4 is 16.4 Å². The molecule has 6 N–H and O–H groups in total. The van der Waals surface area contributed by atoms with Crippen molar-refractivity contribution in [1.29, 1.82) is 0 Å². The molecular weight excluding hydrogens is 556 g/mol. The number of amides is 3. The average molecular weight is 589 g/mol. The molecule has 3 amide bonds. The number of hydrogen-bond donors (Lipinski definition) is 4. The molecule has 0 saturated heterocycles. The molecule has 2 aromatic carbocycles. The van der Waals surface area contributed by atoms with E-state index >= 15 is 0 Å². The Morgan fingerprint density at radius 3 is 2.17 bits per heavy atom. The molecule has 0 heterocycles. The van der Waals surface area contributed by atoms with Gasteiger partial charge in [-0.2, -0.15) is 4.31 Å². The summed E-state index contributed by atoms with van der Waals surface area (Å²) in [6, 6.07) is 8.04. The van der Waals surface area contributed by atoms with Gasteiger partial charge in [-0.25, -0.2) is 18.0 Å². The van der Waals surface area contributed by atoms with Crippen LogP contribution in [0.1, 0.15) is 47.7 Å². The second-order valence-corrected chi connectivity index (χ2v) is 11.0. The lowest BCUT2D eigenvalue weighted by Gasteiger charge is -2.28. The molecule has 0 spiro atoms. The molecule has 0 aliphatic heterocycles. The van der Waals surface area contributed by atoms with Gasteiger partial charge in [0, 0.05) is 12.6 Å². The van der Waals surface area contributed by atoms with Crippen LogP contribution in [0.3, 0.4) is 0 Å². The summed E-state index contributed by atoms with van der Waals surface area (Å²) < 4.78 is 26.1. The van der Waals surface area contributed by atoms with Crippen molar-refractivity contribution in [2.45, 2.75) is 38.6 Å². The van der Waals surface area contributed by atoms with Crippen molar-refractivity contribution in [3.63, 3.8) is 0 Å². The van der Waals surface area contributed by atoms with Gasteiger partial charge < -0.3 is 21.7 Å². The quantitative estimate of drug-likeness (QED) is 0.142. The number of aliphatic carboxylic acids is 1. The normalized spacial score (nSPS) is 12.3. The highest BCUT2D eigenvalue weighted by atomic mass is 32.2. The van der Waals surface area contributed by atoms with Gasteiger partial charge in [-0.15, -0.1) is 0 Å². The topological polar surface area (TPSA) is 218 Å². The number of carbonyl (C=O) groups excluding carboxylic acids is 3. The van der Waals surface area contributed by atoms with E-state index in [9.17, 15) is 42.6 Å². The van der Waals surface area contributed by atoms with Gasteiger partial charge in [-0.05, 0) is 54.3 Å². The van der Waals surface area contributed by atoms with Gasteiger partial charge >= 0.3 is 17.8 Å². The number of carboxylic acids is 2. The minimum atomic E-state index is -3.85. The lowest BCUT2D eigenvalue weighted by atomic mass is 9.99. The molecule has 13 nitrogen and oxygen atoms in total. The number of hydrogen-bond acceptors (Lipinski definition) is 7. The minimum Gasteiger partial charge on any atom is -0.478 e. The number of nitrogens with zero attached hydrogens (tertiary/aromatic N) is 2. The van der Waals surface area contributed by atoms with Crippen LogP contribution in [-0.4, -0.2) is 71.4 Å². The predicted molar refractivity (Wildman–Crippen MR) is 151 cm³/mol. The summed E-state index contributed by atoms with van der Waals surface area (Å²) in [4.78, 5) is 61.1. The Labute approximate surface area is 237 Å². The first kappa shape index (κ1) is 32.7. The highest BCUT2D eigenvalue weighted by molar-refractivity contribution is 7.88. The van der Waals surface area contributed by atoms with Gasteiger partial charge in [0.15, 0.2) is 0 Å². The summed E-state index contributed by atoms with van der Waals surface area (Å²) in [5.74, 6) is -6.58. The Morgan fingerprint density at radius 2 is 1.63 bits per heavy atom. The van der Waals surface area contributed by atoms with Crippen LogP contribution in [0.2, 0.25) is 0 Å². The number of unbranched alkanes of at least 4 members (excludes halogenated alkanes) is 2. The molecule has 0 fully saturated rings. The van der Waals surface area contributed by atoms with Crippen LogP contribution in [-0.2, 0) is 35.6 Å². The maximum absolute atomic E-state index is 12.9. The van der Waals surface area contributed by atoms with Crippen molar-refractivity contribution in [2.24, 2.45) is 11.5 Å². The zero-order valence-corrected chi connectivity index (χ0v) is 23.3. The second kappa shape index (κ2) is 14.2. The van der Waals surface area contributed by atoms with Crippen LogP contribution in [0.4, 0.5) is 11.4 Å². The molecule has 1 atom stereocenters. The fourth-order valence-electron chi connectivity index (χ4n) is 4.17. The van der Waals surface area contributed by atoms with Gasteiger partial charge in [0.05, 0.1) is 23.2 Å². The number of carbonyl (C=O) groups is 5. The SMILES string of the molecule is CCCCCN([C@@H](Cc1ccc(N(C(=O)C(=O)O)c2ccccc2C(=O)O)c(C=CC(N)=O)c1)C(N)=O)S(C)(=O)=O. The molecule has 0 aliphatic carbocycles. The molecule has 0 aromatic heterocycles. The fraction of sp³-hybridized carbons (Fsp3) is 0.296. The van der Waals surface area contributed by atoms with Gasteiger partial charge in [-0.3, -0.25) is 19.3 Å². The monoisotopic (exact) mass is 588 g/mol. The van der Waals surface area contributed by atoms with Crippen LogP contribution in [0.15, 0.2) is 48.5 Å². The number of aromatic carboxylic acids is 1. The van der Waals surface area contributed by atoms with Crippen molar-refractivity contribution >= 4 is 57.1 Å². The minimum absolute atomic E-state index is 0.0520. The molecule has 0 unspecified atom stereocenters. The zero-order valence-electron chi connectivity index (χ0n) is 22.5. The predicted octanol–water partition coefficient (Wildman–Crippen LogP) is 1.48. The number of rotatable bonds is 14. The van der Waals surface area contributed by atoms with Gasteiger partial charge in [0.2, 0.25) is 21.8 Å². The van der Waals surface area contributed by atoms with Crippen molar-refractivity contribution in [2.75, 3.05) is 17.7 Å². The van der Waals surface area contributed by atoms with Gasteiger partial charge in [0.1, 0.15) is 6.04 Å². The summed E-state index contributed by atoms with van der Waals surface area (Å²) in [6.07, 6.45) is 4.93. The molecule has 0 radical (unpaired) electrons. The second-order valence-electron chi connectivity index (χ2n) is 9.10. The lowest BCUT2D eigenvalue weighted by molar-refractivity contribution is -0.148. The number of nitrogens with two attached hydrogens (primary N) is 2. The Morgan fingerprint density at radius 1 is 0.976 bits per heavy atom. The first-order chi connectivity index (χ1) is 19.2. The Hall–Kier alpha value is -4.56. The molecule has 2 aromatic rings. The zero-order chi connectivity index (χ0) is 30.9. The number of carboxylic acid groups (broad SMARTS) is 2. The third-order valence-corrected chi connectivity index (χ3v) is 7.32. The van der Waals surface area contributed by atoms with E-state index in [4.69, 9.17) is 11.5 Å². The molecule has 0 aliphatic rings. The van der Waals surface area contributed by atoms with E-state index in [0.717, 1.165) is 29.5 Å². The molecule has 41 heavy (non-hydrogen) atoms. The summed E-state index contributed by atoms with van der Waals surface area (Å²) in [6.45, 7) is 1.99. The smallest absolute Gasteiger partial charge is 0.395 e. The molecule has 2 rings (SSSR count). The number of anilines is 2. The van der Waals surface area contributed by atoms with Gasteiger partial charge in [-0.1, -0.05) is 38.0 Å². The van der Waals surface area contributed by atoms with Crippen molar-refractivity contribution in [3.05, 3.63) is 65.2 Å². The van der Waals surface area contributed by atoms with E-state index in [1.807, 2.05) is 6.92 Å². The van der Waals surface area contributed by atoms with E-state index in [2.05, 4.69) is 0 Å². The molecule has 14 heteroatoms. The molecule has 220 valence electrons. The summed E-state index contributed by atoms with van der Waals surface area (Å²) >= 11 is 0. The molecule has 0 saturated carbocycles. The Bertz CT molecular complexity index is 1470. The molecular formula is C27H32N4O9S. The highest BCUT2D eigenvalue weighted by Gasteiger charge is 2.32. The fourth-order valence-corrected chi connectivity index (χ4v) is 5.27. The van der Waals surface area contributed by atoms with Gasteiger partial charge in [0.25, 0.3) is 0 Å². The third-order valence-electron chi connectivity index (χ3n) is 6.03. The Kier molecular flexibility index (Phi) is 11.3. The average Bonchev–Trinajstić information content (AvgIpc) is 2.89. The number of benzene rings is 2. The lowest BCUT2D eigenvalue weighted by Crippen LogP contribution is -2.49. The standard InChI is InChI=1S/C27H32N4O9S/c1-3-4-7-14-30(41(2,39)40)22(24(29)33)16-17-10-12-20(18(15-17)11-13-23(28)32)31(25(34)27(37)38)21-9-6-5-8-19(21)26(35)36/h5-6,8-13,15,22H,3-4,7,14,16H2,1-2H3,(H2,28,32)(H2,29,33)(H,35,36)(H,37,38)/t22-/m0/s1. The van der Waals surface area contributed by atoms with E-state index in [1.54, 1.807) is 0 Å². The maximum atomic E-state index is 12.9. The highest BCUT2D eigenvalue weighted by Crippen LogP contribution is 2.34. The van der Waals surface area contributed by atoms with E-state index in [-0.39, 0.29) is 35.5 Å². The van der Waals surface area contributed by atoms with Crippen molar-refractivity contribution < 1.29 is 42.6 Å². The summed E-state index contributed by atoms with van der Waals surface area (Å²) in [5.41, 5.74) is 10.5. The van der Waals surface area contributed by atoms with Crippen LogP contribution in [0.25, 0.3) is 6.08 Å². The first-order valence-corrected chi connectivity index (χ1v) is 14.3. The largest absolute Gasteiger partial charge is 0.478 e. The van der Waals surface area contributed by atoms with Crippen molar-refractivity contribution in [3.8, 4) is 0 Å².